The van der Waals surface area contributed by atoms with E-state index < -0.39 is 23.6 Å². The summed E-state index contributed by atoms with van der Waals surface area (Å²) >= 11 is 0. The Morgan fingerprint density at radius 1 is 0.897 bits per heavy atom. The molecule has 1 unspecified atom stereocenters. The van der Waals surface area contributed by atoms with E-state index in [4.69, 9.17) is 4.74 Å². The third kappa shape index (κ3) is 4.61. The molecule has 39 heavy (non-hydrogen) atoms. The molecule has 0 bridgehead atoms. The van der Waals surface area contributed by atoms with Gasteiger partial charge in [0.15, 0.2) is 0 Å². The van der Waals surface area contributed by atoms with Crippen LogP contribution >= 0.6 is 0 Å². The first-order valence-electron chi connectivity index (χ1n) is 12.8. The van der Waals surface area contributed by atoms with Crippen molar-refractivity contribution in [1.29, 1.82) is 0 Å². The lowest BCUT2D eigenvalue weighted by molar-refractivity contribution is -0.140. The minimum atomic E-state index is -0.760. The molecule has 2 N–H and O–H groups in total. The normalized spacial score (nSPS) is 14.5. The van der Waals surface area contributed by atoms with E-state index in [-0.39, 0.29) is 0 Å². The number of carboxylic acid groups (broad SMARTS) is 1. The van der Waals surface area contributed by atoms with Crippen LogP contribution < -0.4 is 5.32 Å². The van der Waals surface area contributed by atoms with Gasteiger partial charge in [0.05, 0.1) is 11.1 Å². The summed E-state index contributed by atoms with van der Waals surface area (Å²) < 4.78 is 7.12. The predicted molar refractivity (Wildman–Crippen MR) is 147 cm³/mol. The van der Waals surface area contributed by atoms with Gasteiger partial charge < -0.3 is 9.84 Å². The van der Waals surface area contributed by atoms with E-state index in [1.54, 1.807) is 12.3 Å². The Bertz CT molecular complexity index is 1660. The number of ether oxygens (including phenoxy) is 1. The molecule has 1 amide bonds. The summed E-state index contributed by atoms with van der Waals surface area (Å²) in [5.41, 5.74) is 5.51. The zero-order chi connectivity index (χ0) is 27.0. The van der Waals surface area contributed by atoms with Gasteiger partial charge in [-0.2, -0.15) is 5.10 Å². The van der Waals surface area contributed by atoms with Crippen LogP contribution in [0.2, 0.25) is 0 Å². The van der Waals surface area contributed by atoms with Crippen LogP contribution in [0.1, 0.15) is 37.0 Å². The van der Waals surface area contributed by atoms with Crippen molar-refractivity contribution < 1.29 is 19.4 Å². The maximum absolute atomic E-state index is 12.9. The average molecular weight is 519 g/mol. The molecule has 1 aliphatic carbocycles. The molecule has 1 aliphatic rings. The largest absolute Gasteiger partial charge is 0.481 e. The molecule has 2 aromatic heterocycles. The number of fused-ring (bicyclic) bond motifs is 1. The van der Waals surface area contributed by atoms with Crippen molar-refractivity contribution in [3.63, 3.8) is 0 Å². The zero-order valence-corrected chi connectivity index (χ0v) is 21.2. The molecule has 0 spiro atoms. The topological polar surface area (TPSA) is 106 Å². The third-order valence-electron chi connectivity index (χ3n) is 7.29. The van der Waals surface area contributed by atoms with Crippen LogP contribution in [-0.2, 0) is 14.9 Å². The SMILES string of the molecule is CC(OC(=O)Nc1c(-c2ccc(-c3ccc(C4(C(=O)O)CC4)cc3)cc2)nn2ncccc12)c1ccccc1. The van der Waals surface area contributed by atoms with Gasteiger partial charge in [0.2, 0.25) is 0 Å². The van der Waals surface area contributed by atoms with Gasteiger partial charge in [0, 0.05) is 11.8 Å². The second-order valence-electron chi connectivity index (χ2n) is 9.75. The van der Waals surface area contributed by atoms with Crippen molar-refractivity contribution in [2.24, 2.45) is 0 Å². The first-order valence-corrected chi connectivity index (χ1v) is 12.8. The summed E-state index contributed by atoms with van der Waals surface area (Å²) in [7, 11) is 0. The molecule has 8 heteroatoms. The number of rotatable bonds is 7. The van der Waals surface area contributed by atoms with Crippen LogP contribution in [-0.4, -0.2) is 32.0 Å². The highest BCUT2D eigenvalue weighted by Crippen LogP contribution is 2.48. The highest BCUT2D eigenvalue weighted by molar-refractivity contribution is 5.97. The Balaban J connectivity index is 1.25. The number of carboxylic acids is 1. The van der Waals surface area contributed by atoms with Gasteiger partial charge in [-0.1, -0.05) is 78.9 Å². The molecule has 0 radical (unpaired) electrons. The van der Waals surface area contributed by atoms with Crippen molar-refractivity contribution in [3.8, 4) is 22.4 Å². The van der Waals surface area contributed by atoms with Crippen LogP contribution in [0.25, 0.3) is 27.9 Å². The molecule has 5 aromatic rings. The number of amides is 1. The Morgan fingerprint density at radius 3 is 2.18 bits per heavy atom. The van der Waals surface area contributed by atoms with E-state index >= 15 is 0 Å². The van der Waals surface area contributed by atoms with E-state index in [1.807, 2.05) is 91.9 Å². The number of aromatic nitrogens is 3. The van der Waals surface area contributed by atoms with Gasteiger partial charge in [-0.25, -0.2) is 4.79 Å². The van der Waals surface area contributed by atoms with Gasteiger partial charge in [-0.15, -0.1) is 9.73 Å². The Hall–Kier alpha value is -4.98. The van der Waals surface area contributed by atoms with Crippen LogP contribution in [0.5, 0.6) is 0 Å². The number of aliphatic carboxylic acids is 1. The number of hydrogen-bond acceptors (Lipinski definition) is 5. The lowest BCUT2D eigenvalue weighted by Crippen LogP contribution is -2.19. The van der Waals surface area contributed by atoms with E-state index in [0.717, 1.165) is 27.8 Å². The minimum absolute atomic E-state index is 0.425. The molecule has 0 saturated heterocycles. The minimum Gasteiger partial charge on any atom is -0.481 e. The predicted octanol–water partition coefficient (Wildman–Crippen LogP) is 6.49. The second kappa shape index (κ2) is 9.72. The maximum atomic E-state index is 12.9. The lowest BCUT2D eigenvalue weighted by Gasteiger charge is -2.14. The Morgan fingerprint density at radius 2 is 1.54 bits per heavy atom. The number of benzene rings is 3. The summed E-state index contributed by atoms with van der Waals surface area (Å²) in [4.78, 5) is 24.5. The van der Waals surface area contributed by atoms with Crippen molar-refractivity contribution in [3.05, 3.63) is 108 Å². The molecule has 1 saturated carbocycles. The fraction of sp³-hybridized carbons (Fsp3) is 0.161. The van der Waals surface area contributed by atoms with E-state index in [2.05, 4.69) is 15.5 Å². The van der Waals surface area contributed by atoms with Crippen molar-refractivity contribution in [1.82, 2.24) is 14.8 Å². The fourth-order valence-corrected chi connectivity index (χ4v) is 4.86. The van der Waals surface area contributed by atoms with Crippen molar-refractivity contribution in [2.75, 3.05) is 5.32 Å². The van der Waals surface area contributed by atoms with Crippen LogP contribution in [0.3, 0.4) is 0 Å². The Labute approximate surface area is 224 Å². The van der Waals surface area contributed by atoms with Crippen LogP contribution in [0.15, 0.2) is 97.2 Å². The second-order valence-corrected chi connectivity index (χ2v) is 9.75. The monoisotopic (exact) mass is 518 g/mol. The van der Waals surface area contributed by atoms with Crippen LogP contribution in [0.4, 0.5) is 10.5 Å². The maximum Gasteiger partial charge on any atom is 0.412 e. The summed E-state index contributed by atoms with van der Waals surface area (Å²) in [6.07, 6.45) is 1.98. The summed E-state index contributed by atoms with van der Waals surface area (Å²) in [5, 5.41) is 21.3. The molecular weight excluding hydrogens is 492 g/mol. The number of nitrogens with one attached hydrogen (secondary N) is 1. The highest BCUT2D eigenvalue weighted by Gasteiger charge is 2.51. The fourth-order valence-electron chi connectivity index (χ4n) is 4.86. The van der Waals surface area contributed by atoms with Crippen molar-refractivity contribution >= 4 is 23.3 Å². The number of hydrogen-bond donors (Lipinski definition) is 2. The number of carbonyl (C=O) groups is 2. The molecule has 6 rings (SSSR count). The lowest BCUT2D eigenvalue weighted by atomic mass is 9.93. The Kier molecular flexibility index (Phi) is 6.07. The highest BCUT2D eigenvalue weighted by atomic mass is 16.6. The van der Waals surface area contributed by atoms with Crippen molar-refractivity contribution in [2.45, 2.75) is 31.3 Å². The van der Waals surface area contributed by atoms with Gasteiger partial charge in [0.1, 0.15) is 17.3 Å². The van der Waals surface area contributed by atoms with E-state index in [0.29, 0.717) is 29.7 Å². The average Bonchev–Trinajstić information content (AvgIpc) is 3.71. The smallest absolute Gasteiger partial charge is 0.412 e. The standard InChI is InChI=1S/C31H26N4O4/c1-20(21-6-3-2-4-7-21)39-30(38)33-28-26-8-5-19-32-35(26)34-27(28)24-11-9-22(10-12-24)23-13-15-25(16-14-23)31(17-18-31)29(36)37/h2-16,19-20H,17-18H2,1H3,(H,33,38)(H,36,37). The quantitative estimate of drug-likeness (QED) is 0.255. The van der Waals surface area contributed by atoms with Crippen LogP contribution in [0, 0.1) is 0 Å². The number of carbonyl (C=O) groups excluding carboxylic acids is 1. The molecule has 3 aromatic carbocycles. The van der Waals surface area contributed by atoms with E-state index in [1.165, 1.54) is 4.63 Å². The molecule has 8 nitrogen and oxygen atoms in total. The van der Waals surface area contributed by atoms with E-state index in [9.17, 15) is 14.7 Å². The number of nitrogens with zero attached hydrogens (tertiary/aromatic N) is 3. The van der Waals surface area contributed by atoms with Gasteiger partial charge in [-0.05, 0) is 54.2 Å². The van der Waals surface area contributed by atoms with Gasteiger partial charge in [-0.3, -0.25) is 10.1 Å². The molecule has 194 valence electrons. The summed E-state index contributed by atoms with van der Waals surface area (Å²) in [6.45, 7) is 1.82. The zero-order valence-electron chi connectivity index (χ0n) is 21.2. The molecule has 0 aliphatic heterocycles. The molecule has 2 heterocycles. The summed E-state index contributed by atoms with van der Waals surface area (Å²) in [5.74, 6) is -0.760. The first-order chi connectivity index (χ1) is 18.9. The third-order valence-corrected chi connectivity index (χ3v) is 7.29. The molecule has 1 atom stereocenters. The first kappa shape index (κ1) is 24.4. The summed E-state index contributed by atoms with van der Waals surface area (Å²) in [6, 6.07) is 28.7. The molecular formula is C31H26N4O4. The van der Waals surface area contributed by atoms with Gasteiger partial charge >= 0.3 is 12.1 Å². The van der Waals surface area contributed by atoms with Gasteiger partial charge in [0.25, 0.3) is 0 Å². The number of anilines is 1. The molecule has 1 fully saturated rings.